The van der Waals surface area contributed by atoms with Crippen LogP contribution in [0, 0.1) is 22.7 Å². The summed E-state index contributed by atoms with van der Waals surface area (Å²) in [6.07, 6.45) is 0.146. The number of hydrogen-bond donors (Lipinski definition) is 3. The van der Waals surface area contributed by atoms with Crippen LogP contribution >= 0.6 is 15.9 Å². The zero-order valence-electron chi connectivity index (χ0n) is 18.2. The molecule has 0 aromatic heterocycles. The van der Waals surface area contributed by atoms with Gasteiger partial charge in [0.1, 0.15) is 6.17 Å². The number of carbonyl (C=O) groups excluding carboxylic acids is 3. The number of alkyl halides is 2. The van der Waals surface area contributed by atoms with Crippen LogP contribution in [0.1, 0.15) is 40.0 Å². The van der Waals surface area contributed by atoms with Crippen LogP contribution in [0.5, 0.6) is 0 Å². The van der Waals surface area contributed by atoms with E-state index in [0.717, 1.165) is 6.92 Å². The molecule has 0 aromatic carbocycles. The smallest absolute Gasteiger partial charge is 0.303 e. The maximum Gasteiger partial charge on any atom is 0.303 e. The van der Waals surface area contributed by atoms with Crippen molar-refractivity contribution in [2.24, 2.45) is 22.7 Å². The highest BCUT2D eigenvalue weighted by molar-refractivity contribution is 9.10. The maximum absolute atomic E-state index is 15.4. The van der Waals surface area contributed by atoms with Gasteiger partial charge in [-0.3, -0.25) is 14.4 Å². The van der Waals surface area contributed by atoms with Crippen molar-refractivity contribution < 1.29 is 38.8 Å². The van der Waals surface area contributed by atoms with Crippen molar-refractivity contribution in [2.75, 3.05) is 6.61 Å². The van der Waals surface area contributed by atoms with Gasteiger partial charge in [-0.2, -0.15) is 0 Å². The van der Waals surface area contributed by atoms with Gasteiger partial charge >= 0.3 is 5.97 Å². The van der Waals surface area contributed by atoms with E-state index in [4.69, 9.17) is 4.74 Å². The lowest BCUT2D eigenvalue weighted by molar-refractivity contribution is -0.188. The molecule has 3 N–H and O–H groups in total. The molecule has 0 heterocycles. The standard InChI is InChI=1S/C23H28BrFO7/c1-11(26)32-10-19(30)23(31)17(28)8-13-14-7-16(25)15-6-12(27)4-5-20(15,2)22(14,24)18(29)9-21(13,23)3/h4-6,13-14,16-18,28-29,31H,7-10H2,1-3H3/t13-,14-,16?,17?,18?,20-,21-,22-,23-/m0/s1. The normalized spacial score (nSPS) is 49.6. The molecule has 0 bridgehead atoms. The molecule has 3 unspecified atom stereocenters. The fraction of sp³-hybridized carbons (Fsp3) is 0.696. The highest BCUT2D eigenvalue weighted by Crippen LogP contribution is 2.71. The summed E-state index contributed by atoms with van der Waals surface area (Å²) in [4.78, 5) is 36.1. The third-order valence-corrected chi connectivity index (χ3v) is 10.6. The zero-order valence-corrected chi connectivity index (χ0v) is 19.8. The molecule has 0 saturated heterocycles. The molecule has 4 aliphatic carbocycles. The first kappa shape index (κ1) is 23.7. The highest BCUT2D eigenvalue weighted by atomic mass is 79.9. The Balaban J connectivity index is 1.79. The summed E-state index contributed by atoms with van der Waals surface area (Å²) in [6.45, 7) is 3.82. The molecule has 0 spiro atoms. The number of rotatable bonds is 3. The van der Waals surface area contributed by atoms with E-state index in [-0.39, 0.29) is 25.0 Å². The van der Waals surface area contributed by atoms with E-state index in [1.165, 1.54) is 12.2 Å². The molecule has 0 amide bonds. The van der Waals surface area contributed by atoms with Crippen LogP contribution in [-0.4, -0.2) is 67.8 Å². The van der Waals surface area contributed by atoms with Crippen LogP contribution in [-0.2, 0) is 19.1 Å². The number of aliphatic hydroxyl groups excluding tert-OH is 2. The minimum Gasteiger partial charge on any atom is -0.458 e. The second kappa shape index (κ2) is 7.29. The van der Waals surface area contributed by atoms with Gasteiger partial charge in [0, 0.05) is 17.8 Å². The van der Waals surface area contributed by atoms with E-state index in [2.05, 4.69) is 15.9 Å². The Bertz CT molecular complexity index is 949. The number of ketones is 2. The summed E-state index contributed by atoms with van der Waals surface area (Å²) in [7, 11) is 0. The summed E-state index contributed by atoms with van der Waals surface area (Å²) in [5.74, 6) is -2.93. The van der Waals surface area contributed by atoms with E-state index < -0.39 is 69.3 Å². The van der Waals surface area contributed by atoms with Crippen molar-refractivity contribution in [1.29, 1.82) is 0 Å². The molecule has 9 heteroatoms. The van der Waals surface area contributed by atoms with Crippen LogP contribution in [0.4, 0.5) is 4.39 Å². The molecule has 4 rings (SSSR count). The number of carbonyl (C=O) groups is 3. The van der Waals surface area contributed by atoms with Gasteiger partial charge in [0.05, 0.1) is 16.5 Å². The third kappa shape index (κ3) is 2.77. The maximum atomic E-state index is 15.4. The Hall–Kier alpha value is -1.42. The van der Waals surface area contributed by atoms with Crippen molar-refractivity contribution in [1.82, 2.24) is 0 Å². The number of halogens is 2. The summed E-state index contributed by atoms with van der Waals surface area (Å²) in [5, 5.41) is 33.8. The number of allylic oxidation sites excluding steroid dienone is 4. The first-order valence-electron chi connectivity index (χ1n) is 10.8. The minimum atomic E-state index is -2.26. The SMILES string of the molecule is CC(=O)OCC(=O)[C@@]1(O)C(O)C[C@H]2[C@@H]3CC(F)C4=CC(=O)C=C[C@]4(C)[C@@]3(Br)C(O)C[C@@]21C. The molecule has 0 aliphatic heterocycles. The fourth-order valence-electron chi connectivity index (χ4n) is 7.00. The molecule has 7 nitrogen and oxygen atoms in total. The number of Topliss-reactive ketones (excluding diaryl/α,β-unsaturated/α-hetero) is 1. The van der Waals surface area contributed by atoms with E-state index in [9.17, 15) is 29.7 Å². The predicted molar refractivity (Wildman–Crippen MR) is 114 cm³/mol. The summed E-state index contributed by atoms with van der Waals surface area (Å²) >= 11 is 3.75. The van der Waals surface area contributed by atoms with Crippen molar-refractivity contribution in [2.45, 2.75) is 68.3 Å². The van der Waals surface area contributed by atoms with Crippen LogP contribution in [0.3, 0.4) is 0 Å². The van der Waals surface area contributed by atoms with Crippen LogP contribution in [0.15, 0.2) is 23.8 Å². The van der Waals surface area contributed by atoms with Gasteiger partial charge in [0.25, 0.3) is 0 Å². The van der Waals surface area contributed by atoms with Gasteiger partial charge in [0.2, 0.25) is 5.78 Å². The Morgan fingerprint density at radius 3 is 2.50 bits per heavy atom. The number of hydrogen-bond acceptors (Lipinski definition) is 7. The van der Waals surface area contributed by atoms with E-state index in [1.54, 1.807) is 19.9 Å². The monoisotopic (exact) mass is 514 g/mol. The van der Waals surface area contributed by atoms with Crippen molar-refractivity contribution >= 4 is 33.5 Å². The fourth-order valence-corrected chi connectivity index (χ4v) is 8.03. The van der Waals surface area contributed by atoms with Gasteiger partial charge in [0.15, 0.2) is 18.0 Å². The largest absolute Gasteiger partial charge is 0.458 e. The highest BCUT2D eigenvalue weighted by Gasteiger charge is 2.76. The second-order valence-corrected chi connectivity index (χ2v) is 11.4. The van der Waals surface area contributed by atoms with Crippen molar-refractivity contribution in [3.8, 4) is 0 Å². The van der Waals surface area contributed by atoms with E-state index in [1.807, 2.05) is 0 Å². The molecule has 3 fully saturated rings. The Morgan fingerprint density at radius 1 is 1.22 bits per heavy atom. The first-order chi connectivity index (χ1) is 14.7. The number of aliphatic hydroxyl groups is 3. The Kier molecular flexibility index (Phi) is 5.40. The average Bonchev–Trinajstić information content (AvgIpc) is 2.91. The first-order valence-corrected chi connectivity index (χ1v) is 11.6. The van der Waals surface area contributed by atoms with Gasteiger partial charge in [-0.05, 0) is 48.8 Å². The van der Waals surface area contributed by atoms with Crippen LogP contribution < -0.4 is 0 Å². The number of esters is 1. The van der Waals surface area contributed by atoms with Crippen molar-refractivity contribution in [3.05, 3.63) is 23.8 Å². The summed E-state index contributed by atoms with van der Waals surface area (Å²) < 4.78 is 19.2. The van der Waals surface area contributed by atoms with E-state index >= 15 is 4.39 Å². The molecule has 9 atom stereocenters. The Morgan fingerprint density at radius 2 is 1.88 bits per heavy atom. The number of ether oxygens (including phenoxy) is 1. The van der Waals surface area contributed by atoms with Gasteiger partial charge < -0.3 is 20.1 Å². The molecule has 0 aromatic rings. The predicted octanol–water partition coefficient (Wildman–Crippen LogP) is 1.56. The molecule has 176 valence electrons. The Labute approximate surface area is 193 Å². The molecule has 0 radical (unpaired) electrons. The quantitative estimate of drug-likeness (QED) is 0.386. The summed E-state index contributed by atoms with van der Waals surface area (Å²) in [6, 6.07) is 0. The van der Waals surface area contributed by atoms with Gasteiger partial charge in [-0.15, -0.1) is 0 Å². The average molecular weight is 515 g/mol. The zero-order chi connectivity index (χ0) is 23.9. The van der Waals surface area contributed by atoms with Gasteiger partial charge in [-0.1, -0.05) is 35.9 Å². The topological polar surface area (TPSA) is 121 Å². The second-order valence-electron chi connectivity index (χ2n) is 10.1. The van der Waals surface area contributed by atoms with Crippen LogP contribution in [0.2, 0.25) is 0 Å². The summed E-state index contributed by atoms with van der Waals surface area (Å²) in [5.41, 5.74) is -4.27. The molecular formula is C23H28BrFO7. The lowest BCUT2D eigenvalue weighted by atomic mass is 9.45. The molecular weight excluding hydrogens is 487 g/mol. The lowest BCUT2D eigenvalue weighted by Gasteiger charge is -2.64. The molecule has 4 aliphatic rings. The van der Waals surface area contributed by atoms with Crippen LogP contribution in [0.25, 0.3) is 0 Å². The van der Waals surface area contributed by atoms with Crippen molar-refractivity contribution in [3.63, 3.8) is 0 Å². The number of fused-ring (bicyclic) bond motifs is 5. The third-order valence-electron chi connectivity index (χ3n) is 8.68. The van der Waals surface area contributed by atoms with E-state index in [0.29, 0.717) is 5.57 Å². The van der Waals surface area contributed by atoms with Gasteiger partial charge in [-0.25, -0.2) is 4.39 Å². The minimum absolute atomic E-state index is 0.0219. The lowest BCUT2D eigenvalue weighted by Crippen LogP contribution is -2.70. The molecule has 32 heavy (non-hydrogen) atoms. The molecule has 3 saturated carbocycles.